The number of carbonyl (C=O) groups excluding carboxylic acids is 1. The van der Waals surface area contributed by atoms with Gasteiger partial charge in [-0.15, -0.1) is 0 Å². The van der Waals surface area contributed by atoms with Gasteiger partial charge in [0.2, 0.25) is 11.9 Å². The van der Waals surface area contributed by atoms with Crippen molar-refractivity contribution in [1.29, 1.82) is 0 Å². The summed E-state index contributed by atoms with van der Waals surface area (Å²) in [6.07, 6.45) is -4.77. The van der Waals surface area contributed by atoms with Crippen molar-refractivity contribution in [3.8, 4) is 0 Å². The van der Waals surface area contributed by atoms with Crippen LogP contribution in [0.2, 0.25) is 0 Å². The van der Waals surface area contributed by atoms with Crippen molar-refractivity contribution in [2.45, 2.75) is 26.1 Å². The number of nitrogens with zero attached hydrogens (tertiary/aromatic N) is 1. The third kappa shape index (κ3) is 4.02. The molecule has 0 aliphatic heterocycles. The number of anilines is 2. The van der Waals surface area contributed by atoms with Gasteiger partial charge in [-0.1, -0.05) is 12.1 Å². The van der Waals surface area contributed by atoms with Gasteiger partial charge in [-0.05, 0) is 36.8 Å². The maximum Gasteiger partial charge on any atom is 0.419 e. The fourth-order valence-corrected chi connectivity index (χ4v) is 2.71. The summed E-state index contributed by atoms with van der Waals surface area (Å²) in [6.45, 7) is 3.01. The molecule has 9 heteroatoms. The third-order valence-electron chi connectivity index (χ3n) is 3.97. The minimum absolute atomic E-state index is 0.251. The molecule has 2 aromatic carbocycles. The van der Waals surface area contributed by atoms with Crippen molar-refractivity contribution in [3.63, 3.8) is 0 Å². The Balaban J connectivity index is 1.88. The number of hydrogen-bond acceptors (Lipinski definition) is 3. The molecule has 0 saturated heterocycles. The Morgan fingerprint density at radius 1 is 1.22 bits per heavy atom. The second kappa shape index (κ2) is 6.90. The molecule has 0 bridgehead atoms. The number of rotatable bonds is 4. The Kier molecular flexibility index (Phi) is 4.77. The van der Waals surface area contributed by atoms with Crippen molar-refractivity contribution < 1.29 is 22.4 Å². The number of alkyl halides is 3. The molecule has 3 N–H and O–H groups in total. The van der Waals surface area contributed by atoms with Crippen molar-refractivity contribution >= 4 is 28.6 Å². The van der Waals surface area contributed by atoms with Gasteiger partial charge in [0, 0.05) is 6.92 Å². The van der Waals surface area contributed by atoms with Crippen LogP contribution < -0.4 is 10.6 Å². The van der Waals surface area contributed by atoms with Crippen LogP contribution in [0.15, 0.2) is 36.4 Å². The monoisotopic (exact) mass is 380 g/mol. The van der Waals surface area contributed by atoms with Crippen LogP contribution in [-0.4, -0.2) is 15.9 Å². The highest BCUT2D eigenvalue weighted by atomic mass is 19.4. The molecule has 0 aliphatic carbocycles. The van der Waals surface area contributed by atoms with E-state index in [9.17, 15) is 22.4 Å². The van der Waals surface area contributed by atoms with Crippen molar-refractivity contribution in [2.75, 3.05) is 10.6 Å². The molecule has 0 aliphatic rings. The first-order chi connectivity index (χ1) is 12.6. The van der Waals surface area contributed by atoms with Crippen LogP contribution in [0, 0.1) is 5.82 Å². The molecule has 1 aromatic heterocycles. The Hall–Kier alpha value is -3.10. The molecule has 1 heterocycles. The van der Waals surface area contributed by atoms with Gasteiger partial charge in [-0.25, -0.2) is 9.37 Å². The number of aromatic amines is 1. The molecule has 1 amide bonds. The number of imidazole rings is 1. The molecule has 1 atom stereocenters. The number of nitrogens with one attached hydrogen (secondary N) is 3. The van der Waals surface area contributed by atoms with Gasteiger partial charge in [0.15, 0.2) is 0 Å². The Morgan fingerprint density at radius 2 is 1.96 bits per heavy atom. The largest absolute Gasteiger partial charge is 0.419 e. The first kappa shape index (κ1) is 18.7. The summed E-state index contributed by atoms with van der Waals surface area (Å²) in [5.41, 5.74) is 0.610. The maximum atomic E-state index is 13.5. The summed E-state index contributed by atoms with van der Waals surface area (Å²) in [4.78, 5) is 18.6. The molecule has 3 rings (SSSR count). The third-order valence-corrected chi connectivity index (χ3v) is 3.97. The highest BCUT2D eigenvalue weighted by Gasteiger charge is 2.34. The molecule has 0 fully saturated rings. The Labute approximate surface area is 151 Å². The number of aromatic nitrogens is 2. The molecule has 3 aromatic rings. The molecule has 0 saturated carbocycles. The van der Waals surface area contributed by atoms with Crippen molar-refractivity contribution in [3.05, 3.63) is 53.3 Å². The number of halogens is 4. The fourth-order valence-electron chi connectivity index (χ4n) is 2.71. The lowest BCUT2D eigenvalue weighted by Crippen LogP contribution is -2.12. The lowest BCUT2D eigenvalue weighted by Gasteiger charge is -2.16. The molecule has 0 radical (unpaired) electrons. The first-order valence-electron chi connectivity index (χ1n) is 8.04. The van der Waals surface area contributed by atoms with E-state index in [2.05, 4.69) is 20.6 Å². The van der Waals surface area contributed by atoms with E-state index in [4.69, 9.17) is 0 Å². The average Bonchev–Trinajstić information content (AvgIpc) is 2.97. The Morgan fingerprint density at radius 3 is 2.63 bits per heavy atom. The summed E-state index contributed by atoms with van der Waals surface area (Å²) in [7, 11) is 0. The van der Waals surface area contributed by atoms with E-state index in [1.54, 1.807) is 25.1 Å². The van der Waals surface area contributed by atoms with Crippen LogP contribution in [0.3, 0.4) is 0 Å². The van der Waals surface area contributed by atoms with Crippen LogP contribution in [-0.2, 0) is 11.0 Å². The number of amides is 1. The minimum atomic E-state index is -4.77. The van der Waals surface area contributed by atoms with E-state index in [-0.39, 0.29) is 11.5 Å². The van der Waals surface area contributed by atoms with E-state index in [1.165, 1.54) is 13.0 Å². The lowest BCUT2D eigenvalue weighted by atomic mass is 10.0. The summed E-state index contributed by atoms with van der Waals surface area (Å²) in [5, 5.41) is 5.62. The molecule has 5 nitrogen and oxygen atoms in total. The smallest absolute Gasteiger partial charge is 0.349 e. The summed E-state index contributed by atoms with van der Waals surface area (Å²) in [6, 6.07) is 7.46. The van der Waals surface area contributed by atoms with E-state index in [0.717, 1.165) is 12.1 Å². The zero-order valence-electron chi connectivity index (χ0n) is 14.4. The van der Waals surface area contributed by atoms with Gasteiger partial charge >= 0.3 is 6.18 Å². The van der Waals surface area contributed by atoms with Gasteiger partial charge in [0.05, 0.1) is 22.8 Å². The van der Waals surface area contributed by atoms with Crippen LogP contribution in [0.1, 0.15) is 31.0 Å². The van der Waals surface area contributed by atoms with Gasteiger partial charge in [0.25, 0.3) is 0 Å². The maximum absolute atomic E-state index is 13.5. The van der Waals surface area contributed by atoms with Gasteiger partial charge in [-0.2, -0.15) is 13.2 Å². The van der Waals surface area contributed by atoms with Crippen molar-refractivity contribution in [1.82, 2.24) is 9.97 Å². The van der Waals surface area contributed by atoms with Gasteiger partial charge < -0.3 is 15.6 Å². The van der Waals surface area contributed by atoms with Crippen LogP contribution in [0.5, 0.6) is 0 Å². The molecule has 27 heavy (non-hydrogen) atoms. The molecule has 142 valence electrons. The van der Waals surface area contributed by atoms with E-state index < -0.39 is 23.6 Å². The number of fused-ring (bicyclic) bond motifs is 1. The zero-order chi connectivity index (χ0) is 19.8. The molecular formula is C18H16F4N4O. The van der Waals surface area contributed by atoms with Crippen LogP contribution >= 0.6 is 0 Å². The first-order valence-corrected chi connectivity index (χ1v) is 8.04. The number of H-pyrrole nitrogens is 1. The van der Waals surface area contributed by atoms with E-state index >= 15 is 0 Å². The molecule has 0 spiro atoms. The molecular weight excluding hydrogens is 364 g/mol. The summed E-state index contributed by atoms with van der Waals surface area (Å²) >= 11 is 0. The van der Waals surface area contributed by atoms with E-state index in [0.29, 0.717) is 22.7 Å². The quantitative estimate of drug-likeness (QED) is 0.567. The van der Waals surface area contributed by atoms with Gasteiger partial charge in [-0.3, -0.25) is 4.79 Å². The number of hydrogen-bond donors (Lipinski definition) is 3. The minimum Gasteiger partial charge on any atom is -0.349 e. The molecule has 0 unspecified atom stereocenters. The summed E-state index contributed by atoms with van der Waals surface area (Å²) < 4.78 is 52.1. The Bertz CT molecular complexity index is 997. The second-order valence-corrected chi connectivity index (χ2v) is 6.07. The predicted molar refractivity (Wildman–Crippen MR) is 93.8 cm³/mol. The second-order valence-electron chi connectivity index (χ2n) is 6.07. The highest BCUT2D eigenvalue weighted by molar-refractivity contribution is 5.99. The van der Waals surface area contributed by atoms with Crippen LogP contribution in [0.25, 0.3) is 11.0 Å². The lowest BCUT2D eigenvalue weighted by molar-refractivity contribution is -0.140. The summed E-state index contributed by atoms with van der Waals surface area (Å²) in [5.74, 6) is -1.25. The number of benzene rings is 2. The topological polar surface area (TPSA) is 69.8 Å². The predicted octanol–water partition coefficient (Wildman–Crippen LogP) is 4.85. The average molecular weight is 380 g/mol. The van der Waals surface area contributed by atoms with Gasteiger partial charge in [0.1, 0.15) is 11.3 Å². The fraction of sp³-hybridized carbons (Fsp3) is 0.222. The van der Waals surface area contributed by atoms with Crippen LogP contribution in [0.4, 0.5) is 29.2 Å². The van der Waals surface area contributed by atoms with E-state index in [1.807, 2.05) is 0 Å². The normalized spacial score (nSPS) is 12.8. The zero-order valence-corrected chi connectivity index (χ0v) is 14.4. The standard InChI is InChI=1S/C18H16F4N4O/c1-9(11-6-7-13(19)12(8-11)18(20,21)22)23-17-25-15-5-3-4-14(16(15)26-17)24-10(2)27/h3-9H,1-2H3,(H,24,27)(H2,23,25,26)/t9-/m1/s1. The SMILES string of the molecule is CC(=O)Nc1cccc2[nH]c(N[C@H](C)c3ccc(F)c(C(F)(F)F)c3)nc12. The van der Waals surface area contributed by atoms with Crippen molar-refractivity contribution in [2.24, 2.45) is 0 Å². The highest BCUT2D eigenvalue weighted by Crippen LogP contribution is 2.33. The number of para-hydroxylation sites is 1. The number of carbonyl (C=O) groups is 1.